The number of hydrogen-bond donors (Lipinski definition) is 5. The van der Waals surface area contributed by atoms with Crippen LogP contribution < -0.4 is 22.5 Å². The first-order chi connectivity index (χ1) is 18.1. The van der Waals surface area contributed by atoms with E-state index in [2.05, 4.69) is 15.3 Å². The van der Waals surface area contributed by atoms with Crippen molar-refractivity contribution in [1.29, 1.82) is 5.41 Å². The molecule has 0 saturated heterocycles. The van der Waals surface area contributed by atoms with Crippen molar-refractivity contribution in [3.8, 4) is 16.9 Å². The molecule has 38 heavy (non-hydrogen) atoms. The summed E-state index contributed by atoms with van der Waals surface area (Å²) in [4.78, 5) is 20.0. The summed E-state index contributed by atoms with van der Waals surface area (Å²) in [6.45, 7) is 4.48. The molecule has 8 nitrogen and oxygen atoms in total. The van der Waals surface area contributed by atoms with Crippen LogP contribution in [-0.4, -0.2) is 39.0 Å². The Morgan fingerprint density at radius 3 is 2.55 bits per heavy atom. The quantitative estimate of drug-likeness (QED) is 0.150. The molecule has 2 heterocycles. The van der Waals surface area contributed by atoms with E-state index in [0.717, 1.165) is 31.2 Å². The van der Waals surface area contributed by atoms with Crippen molar-refractivity contribution in [2.75, 3.05) is 6.54 Å². The summed E-state index contributed by atoms with van der Waals surface area (Å²) in [7, 11) is 0. The monoisotopic (exact) mass is 537 g/mol. The van der Waals surface area contributed by atoms with E-state index in [-0.39, 0.29) is 22.9 Å². The van der Waals surface area contributed by atoms with Gasteiger partial charge in [-0.15, -0.1) is 0 Å². The molecule has 4 rings (SSSR count). The highest BCUT2D eigenvalue weighted by Crippen LogP contribution is 2.31. The number of nitrogens with one attached hydrogen (secondary N) is 3. The second kappa shape index (κ2) is 11.9. The van der Waals surface area contributed by atoms with Crippen LogP contribution in [0, 0.1) is 11.2 Å². The van der Waals surface area contributed by atoms with E-state index in [1.165, 1.54) is 4.57 Å². The van der Waals surface area contributed by atoms with E-state index in [1.807, 2.05) is 13.8 Å². The molecule has 2 aromatic heterocycles. The molecule has 200 valence electrons. The molecular formula is C28H33ClFN7O. The van der Waals surface area contributed by atoms with Crippen molar-refractivity contribution in [1.82, 2.24) is 19.9 Å². The van der Waals surface area contributed by atoms with Crippen LogP contribution in [0.5, 0.6) is 0 Å². The van der Waals surface area contributed by atoms with Gasteiger partial charge in [-0.2, -0.15) is 4.98 Å². The van der Waals surface area contributed by atoms with Crippen molar-refractivity contribution < 1.29 is 4.39 Å². The average Bonchev–Trinajstić information content (AvgIpc) is 3.27. The van der Waals surface area contributed by atoms with Crippen LogP contribution in [0.25, 0.3) is 28.0 Å². The van der Waals surface area contributed by atoms with Crippen LogP contribution in [0.15, 0.2) is 53.5 Å². The lowest BCUT2D eigenvalue weighted by atomic mass is 10.0. The van der Waals surface area contributed by atoms with Crippen molar-refractivity contribution in [2.24, 2.45) is 11.5 Å². The highest BCUT2D eigenvalue weighted by molar-refractivity contribution is 6.31. The number of amidine groups is 1. The number of aromatic amines is 1. The zero-order valence-corrected chi connectivity index (χ0v) is 22.3. The minimum Gasteiger partial charge on any atom is -0.370 e. The Balaban J connectivity index is 1.60. The number of H-pyrrole nitrogens is 1. The minimum atomic E-state index is -0.531. The molecular weight excluding hydrogens is 505 g/mol. The molecule has 7 N–H and O–H groups in total. The van der Waals surface area contributed by atoms with Gasteiger partial charge >= 0.3 is 5.69 Å². The van der Waals surface area contributed by atoms with Gasteiger partial charge in [-0.3, -0.25) is 9.98 Å². The topological polar surface area (TPSA) is 139 Å². The fraction of sp³-hybridized carbons (Fsp3) is 0.321. The SMILES string of the molecule is C[C@H](N)CCCc1cc(Cl)c(F)c(-c2cc3cn(-c4ccc(C(=N)NCC[C@H](C)N)cc4)c(=O)nc3[nH]2)c1. The average molecular weight is 538 g/mol. The zero-order chi connectivity index (χ0) is 27.4. The van der Waals surface area contributed by atoms with E-state index in [0.29, 0.717) is 40.1 Å². The molecule has 2 atom stereocenters. The summed E-state index contributed by atoms with van der Waals surface area (Å²) in [5.74, 6) is -0.245. The van der Waals surface area contributed by atoms with E-state index in [4.69, 9.17) is 28.5 Å². The highest BCUT2D eigenvalue weighted by Gasteiger charge is 2.16. The van der Waals surface area contributed by atoms with Crippen molar-refractivity contribution >= 4 is 28.5 Å². The molecule has 10 heteroatoms. The fourth-order valence-electron chi connectivity index (χ4n) is 4.25. The Morgan fingerprint density at radius 2 is 1.87 bits per heavy atom. The molecule has 0 unspecified atom stereocenters. The van der Waals surface area contributed by atoms with Gasteiger partial charge in [0.2, 0.25) is 0 Å². The number of benzene rings is 2. The van der Waals surface area contributed by atoms with Gasteiger partial charge in [0.15, 0.2) is 5.82 Å². The molecule has 0 radical (unpaired) electrons. The van der Waals surface area contributed by atoms with Crippen LogP contribution in [0.4, 0.5) is 4.39 Å². The molecule has 0 saturated carbocycles. The third-order valence-corrected chi connectivity index (χ3v) is 6.62. The zero-order valence-electron chi connectivity index (χ0n) is 21.5. The highest BCUT2D eigenvalue weighted by atomic mass is 35.5. The first-order valence-electron chi connectivity index (χ1n) is 12.7. The summed E-state index contributed by atoms with van der Waals surface area (Å²) >= 11 is 6.21. The Labute approximate surface area is 225 Å². The molecule has 0 aliphatic rings. The standard InChI is InChI=1S/C28H33ClFN7O/c1-16(31)4-3-5-18-12-22(25(30)23(29)13-18)24-14-20-15-37(28(38)36-27(20)35-24)21-8-6-19(7-9-21)26(33)34-11-10-17(2)32/h6-9,12-17H,3-5,10-11,31-32H2,1-2H3,(H2,33,34)(H,35,36,38)/t16-,17-/m0/s1. The molecule has 4 aromatic rings. The van der Waals surface area contributed by atoms with Gasteiger partial charge in [0.05, 0.1) is 16.4 Å². The molecule has 0 aliphatic carbocycles. The van der Waals surface area contributed by atoms with Gasteiger partial charge in [-0.1, -0.05) is 11.6 Å². The van der Waals surface area contributed by atoms with Gasteiger partial charge < -0.3 is 21.8 Å². The van der Waals surface area contributed by atoms with Gasteiger partial charge in [0.25, 0.3) is 0 Å². The maximum absolute atomic E-state index is 15.0. The summed E-state index contributed by atoms with van der Waals surface area (Å²) in [5.41, 5.74) is 14.5. The lowest BCUT2D eigenvalue weighted by molar-refractivity contribution is 0.618. The third-order valence-electron chi connectivity index (χ3n) is 6.35. The van der Waals surface area contributed by atoms with Gasteiger partial charge in [0, 0.05) is 41.3 Å². The Kier molecular flexibility index (Phi) is 8.61. The van der Waals surface area contributed by atoms with Crippen LogP contribution in [0.2, 0.25) is 5.02 Å². The number of aryl methyl sites for hydroxylation is 1. The van der Waals surface area contributed by atoms with E-state index >= 15 is 4.39 Å². The Hall–Kier alpha value is -3.53. The lowest BCUT2D eigenvalue weighted by Gasteiger charge is -2.11. The lowest BCUT2D eigenvalue weighted by Crippen LogP contribution is -2.29. The normalized spacial score (nSPS) is 13.0. The summed E-state index contributed by atoms with van der Waals surface area (Å²) in [6.07, 6.45) is 4.88. The number of fused-ring (bicyclic) bond motifs is 1. The van der Waals surface area contributed by atoms with Gasteiger partial charge in [-0.05, 0) is 87.6 Å². The molecule has 0 bridgehead atoms. The van der Waals surface area contributed by atoms with E-state index in [1.54, 1.807) is 48.7 Å². The number of hydrogen-bond acceptors (Lipinski definition) is 5. The number of aromatic nitrogens is 3. The summed E-state index contributed by atoms with van der Waals surface area (Å²) in [6, 6.07) is 12.4. The Bertz CT molecular complexity index is 1490. The van der Waals surface area contributed by atoms with Crippen LogP contribution >= 0.6 is 11.6 Å². The van der Waals surface area contributed by atoms with Crippen molar-refractivity contribution in [3.05, 3.63) is 81.1 Å². The van der Waals surface area contributed by atoms with Crippen LogP contribution in [0.3, 0.4) is 0 Å². The van der Waals surface area contributed by atoms with Gasteiger partial charge in [-0.25, -0.2) is 9.18 Å². The number of nitrogens with zero attached hydrogens (tertiary/aromatic N) is 2. The van der Waals surface area contributed by atoms with Crippen LogP contribution in [-0.2, 0) is 6.42 Å². The maximum atomic E-state index is 15.0. The molecule has 0 aliphatic heterocycles. The second-order valence-electron chi connectivity index (χ2n) is 9.80. The minimum absolute atomic E-state index is 0.0437. The molecule has 0 spiro atoms. The molecule has 0 amide bonds. The smallest absolute Gasteiger partial charge is 0.354 e. The first-order valence-corrected chi connectivity index (χ1v) is 13.0. The van der Waals surface area contributed by atoms with Gasteiger partial charge in [0.1, 0.15) is 11.5 Å². The van der Waals surface area contributed by atoms with Crippen molar-refractivity contribution in [3.63, 3.8) is 0 Å². The summed E-state index contributed by atoms with van der Waals surface area (Å²) < 4.78 is 16.4. The number of halogens is 2. The Morgan fingerprint density at radius 1 is 1.16 bits per heavy atom. The fourth-order valence-corrected chi connectivity index (χ4v) is 4.50. The predicted octanol–water partition coefficient (Wildman–Crippen LogP) is 4.50. The van der Waals surface area contributed by atoms with E-state index < -0.39 is 11.5 Å². The maximum Gasteiger partial charge on any atom is 0.354 e. The largest absolute Gasteiger partial charge is 0.370 e. The molecule has 2 aromatic carbocycles. The predicted molar refractivity (Wildman–Crippen MR) is 152 cm³/mol. The third kappa shape index (κ3) is 6.48. The molecule has 0 fully saturated rings. The van der Waals surface area contributed by atoms with E-state index in [9.17, 15) is 4.79 Å². The second-order valence-corrected chi connectivity index (χ2v) is 10.2. The van der Waals surface area contributed by atoms with Crippen molar-refractivity contribution in [2.45, 2.75) is 51.6 Å². The van der Waals surface area contributed by atoms with Crippen LogP contribution in [0.1, 0.15) is 44.2 Å². The number of nitrogens with two attached hydrogens (primary N) is 2. The first kappa shape index (κ1) is 27.5. The summed E-state index contributed by atoms with van der Waals surface area (Å²) in [5, 5.41) is 11.9. The number of rotatable bonds is 10.